The standard InChI is InChI=1S/C11H17N5O3/c1-12-10(17)6-16-5-8(4-14-16)15-11(18)9-7-19-3-2-13-9/h4-5,9,13H,2-3,6-7H2,1H3,(H,12,17)(H,15,18). The fourth-order valence-electron chi connectivity index (χ4n) is 1.70. The normalized spacial score (nSPS) is 18.9. The number of rotatable bonds is 4. The summed E-state index contributed by atoms with van der Waals surface area (Å²) in [7, 11) is 1.56. The lowest BCUT2D eigenvalue weighted by Gasteiger charge is -2.22. The van der Waals surface area contributed by atoms with Crippen LogP contribution in [0.15, 0.2) is 12.4 Å². The van der Waals surface area contributed by atoms with Crippen molar-refractivity contribution >= 4 is 17.5 Å². The molecule has 1 fully saturated rings. The van der Waals surface area contributed by atoms with Crippen LogP contribution in [0.5, 0.6) is 0 Å². The fourth-order valence-corrected chi connectivity index (χ4v) is 1.70. The van der Waals surface area contributed by atoms with Gasteiger partial charge in [-0.1, -0.05) is 0 Å². The van der Waals surface area contributed by atoms with E-state index < -0.39 is 0 Å². The summed E-state index contributed by atoms with van der Waals surface area (Å²) in [6.07, 6.45) is 3.11. The molecule has 8 heteroatoms. The van der Waals surface area contributed by atoms with Gasteiger partial charge in [-0.25, -0.2) is 0 Å². The Balaban J connectivity index is 1.88. The quantitative estimate of drug-likeness (QED) is 0.620. The molecule has 3 N–H and O–H groups in total. The largest absolute Gasteiger partial charge is 0.378 e. The first-order valence-electron chi connectivity index (χ1n) is 6.04. The van der Waals surface area contributed by atoms with E-state index in [-0.39, 0.29) is 24.4 Å². The van der Waals surface area contributed by atoms with E-state index >= 15 is 0 Å². The molecule has 1 saturated heterocycles. The molecule has 1 atom stereocenters. The maximum atomic E-state index is 11.9. The summed E-state index contributed by atoms with van der Waals surface area (Å²) in [5.41, 5.74) is 0.557. The molecule has 8 nitrogen and oxygen atoms in total. The van der Waals surface area contributed by atoms with Crippen LogP contribution in [0.1, 0.15) is 0 Å². The Hall–Kier alpha value is -1.93. The first-order chi connectivity index (χ1) is 9.19. The minimum absolute atomic E-state index is 0.122. The minimum atomic E-state index is -0.351. The van der Waals surface area contributed by atoms with Crippen molar-refractivity contribution in [1.29, 1.82) is 0 Å². The number of ether oxygens (including phenoxy) is 1. The van der Waals surface area contributed by atoms with Crippen molar-refractivity contribution in [3.63, 3.8) is 0 Å². The van der Waals surface area contributed by atoms with Crippen LogP contribution in [-0.4, -0.2) is 54.4 Å². The number of anilines is 1. The van der Waals surface area contributed by atoms with E-state index in [1.54, 1.807) is 13.2 Å². The van der Waals surface area contributed by atoms with E-state index in [0.717, 1.165) is 0 Å². The van der Waals surface area contributed by atoms with Gasteiger partial charge in [0.25, 0.3) is 0 Å². The Morgan fingerprint density at radius 1 is 1.63 bits per heavy atom. The number of likely N-dealkylation sites (N-methyl/N-ethyl adjacent to an activating group) is 1. The average molecular weight is 267 g/mol. The molecule has 0 bridgehead atoms. The molecule has 1 aliphatic heterocycles. The van der Waals surface area contributed by atoms with Gasteiger partial charge in [-0.2, -0.15) is 5.10 Å². The maximum absolute atomic E-state index is 11.9. The molecule has 0 saturated carbocycles. The van der Waals surface area contributed by atoms with Gasteiger partial charge in [0.15, 0.2) is 0 Å². The summed E-state index contributed by atoms with van der Waals surface area (Å²) in [5.74, 6) is -0.317. The van der Waals surface area contributed by atoms with Gasteiger partial charge >= 0.3 is 0 Å². The highest BCUT2D eigenvalue weighted by molar-refractivity contribution is 5.94. The van der Waals surface area contributed by atoms with Crippen LogP contribution in [-0.2, 0) is 20.9 Å². The van der Waals surface area contributed by atoms with Crippen LogP contribution >= 0.6 is 0 Å². The van der Waals surface area contributed by atoms with Gasteiger partial charge in [-0.15, -0.1) is 0 Å². The second-order valence-corrected chi connectivity index (χ2v) is 4.17. The van der Waals surface area contributed by atoms with Crippen molar-refractivity contribution in [2.75, 3.05) is 32.1 Å². The van der Waals surface area contributed by atoms with Gasteiger partial charge in [0, 0.05) is 19.8 Å². The molecule has 0 aliphatic carbocycles. The average Bonchev–Trinajstić information content (AvgIpc) is 2.86. The molecule has 1 aliphatic rings. The lowest BCUT2D eigenvalue weighted by Crippen LogP contribution is -2.48. The molecule has 0 aromatic carbocycles. The van der Waals surface area contributed by atoms with Gasteiger partial charge in [0.05, 0.1) is 25.1 Å². The number of nitrogens with one attached hydrogen (secondary N) is 3. The molecule has 1 aromatic rings. The van der Waals surface area contributed by atoms with Gasteiger partial charge < -0.3 is 20.7 Å². The number of morpholine rings is 1. The Morgan fingerprint density at radius 2 is 2.47 bits per heavy atom. The molecule has 1 unspecified atom stereocenters. The molecule has 0 radical (unpaired) electrons. The highest BCUT2D eigenvalue weighted by atomic mass is 16.5. The van der Waals surface area contributed by atoms with Crippen LogP contribution in [0.4, 0.5) is 5.69 Å². The summed E-state index contributed by atoms with van der Waals surface area (Å²) in [6.45, 7) is 1.76. The van der Waals surface area contributed by atoms with Gasteiger partial charge in [-0.3, -0.25) is 14.3 Å². The number of carbonyl (C=O) groups excluding carboxylic acids is 2. The van der Waals surface area contributed by atoms with Crippen LogP contribution in [0.25, 0.3) is 0 Å². The summed E-state index contributed by atoms with van der Waals surface area (Å²) in [5, 5.41) is 12.3. The third-order valence-electron chi connectivity index (χ3n) is 2.72. The van der Waals surface area contributed by atoms with Crippen molar-refractivity contribution in [3.8, 4) is 0 Å². The molecule has 2 rings (SSSR count). The van der Waals surface area contributed by atoms with Crippen LogP contribution in [0, 0.1) is 0 Å². The van der Waals surface area contributed by atoms with Crippen molar-refractivity contribution in [2.24, 2.45) is 0 Å². The first kappa shape index (κ1) is 13.5. The van der Waals surface area contributed by atoms with Crippen LogP contribution < -0.4 is 16.0 Å². The van der Waals surface area contributed by atoms with E-state index in [9.17, 15) is 9.59 Å². The predicted molar refractivity (Wildman–Crippen MR) is 67.5 cm³/mol. The van der Waals surface area contributed by atoms with Crippen LogP contribution in [0.2, 0.25) is 0 Å². The monoisotopic (exact) mass is 267 g/mol. The molecule has 0 spiro atoms. The van der Waals surface area contributed by atoms with E-state index in [4.69, 9.17) is 4.74 Å². The SMILES string of the molecule is CNC(=O)Cn1cc(NC(=O)C2COCCN2)cn1. The number of hydrogen-bond donors (Lipinski definition) is 3. The summed E-state index contributed by atoms with van der Waals surface area (Å²) in [6, 6.07) is -0.351. The first-order valence-corrected chi connectivity index (χ1v) is 6.04. The zero-order valence-electron chi connectivity index (χ0n) is 10.7. The van der Waals surface area contributed by atoms with E-state index in [1.165, 1.54) is 10.9 Å². The topological polar surface area (TPSA) is 97.3 Å². The fraction of sp³-hybridized carbons (Fsp3) is 0.545. The molecule has 2 heterocycles. The van der Waals surface area contributed by atoms with Crippen molar-refractivity contribution in [2.45, 2.75) is 12.6 Å². The number of hydrogen-bond acceptors (Lipinski definition) is 5. The molecule has 2 amide bonds. The zero-order valence-corrected chi connectivity index (χ0v) is 10.7. The Kier molecular flexibility index (Phi) is 4.48. The van der Waals surface area contributed by atoms with Gasteiger partial charge in [0.2, 0.25) is 11.8 Å². The van der Waals surface area contributed by atoms with E-state index in [0.29, 0.717) is 25.4 Å². The Morgan fingerprint density at radius 3 is 3.16 bits per heavy atom. The third-order valence-corrected chi connectivity index (χ3v) is 2.72. The molecule has 104 valence electrons. The molecular formula is C11H17N5O3. The summed E-state index contributed by atoms with van der Waals surface area (Å²) >= 11 is 0. The Bertz CT molecular complexity index is 453. The second kappa shape index (κ2) is 6.30. The number of carbonyl (C=O) groups is 2. The number of amides is 2. The number of aromatic nitrogens is 2. The molecule has 1 aromatic heterocycles. The highest BCUT2D eigenvalue weighted by Crippen LogP contribution is 2.06. The van der Waals surface area contributed by atoms with Crippen molar-refractivity contribution in [1.82, 2.24) is 20.4 Å². The van der Waals surface area contributed by atoms with Crippen molar-refractivity contribution in [3.05, 3.63) is 12.4 Å². The third kappa shape index (κ3) is 3.76. The maximum Gasteiger partial charge on any atom is 0.243 e. The summed E-state index contributed by atoms with van der Waals surface area (Å²) < 4.78 is 6.67. The van der Waals surface area contributed by atoms with E-state index in [1.807, 2.05) is 0 Å². The number of nitrogens with zero attached hydrogens (tertiary/aromatic N) is 2. The second-order valence-electron chi connectivity index (χ2n) is 4.17. The van der Waals surface area contributed by atoms with Gasteiger partial charge in [0.1, 0.15) is 12.6 Å². The Labute approximate surface area is 110 Å². The smallest absolute Gasteiger partial charge is 0.243 e. The minimum Gasteiger partial charge on any atom is -0.378 e. The van der Waals surface area contributed by atoms with Gasteiger partial charge in [-0.05, 0) is 0 Å². The van der Waals surface area contributed by atoms with E-state index in [2.05, 4.69) is 21.0 Å². The van der Waals surface area contributed by atoms with Crippen LogP contribution in [0.3, 0.4) is 0 Å². The summed E-state index contributed by atoms with van der Waals surface area (Å²) in [4.78, 5) is 23.1. The lowest BCUT2D eigenvalue weighted by atomic mass is 10.2. The molecular weight excluding hydrogens is 250 g/mol. The highest BCUT2D eigenvalue weighted by Gasteiger charge is 2.21. The van der Waals surface area contributed by atoms with Crippen molar-refractivity contribution < 1.29 is 14.3 Å². The molecule has 19 heavy (non-hydrogen) atoms. The zero-order chi connectivity index (χ0) is 13.7. The lowest BCUT2D eigenvalue weighted by molar-refractivity contribution is -0.121. The predicted octanol–water partition coefficient (Wildman–Crippen LogP) is -1.44.